The van der Waals surface area contributed by atoms with Crippen molar-refractivity contribution in [1.29, 1.82) is 10.5 Å². The molecule has 0 aromatic heterocycles. The predicted molar refractivity (Wildman–Crippen MR) is 113 cm³/mol. The Morgan fingerprint density at radius 3 is 2.09 bits per heavy atom. The summed E-state index contributed by atoms with van der Waals surface area (Å²) in [5.74, 6) is 0.506. The molecular formula is C25H16N4O3. The second kappa shape index (κ2) is 6.14. The lowest BCUT2D eigenvalue weighted by molar-refractivity contribution is -0.131. The van der Waals surface area contributed by atoms with Gasteiger partial charge in [0.25, 0.3) is 5.91 Å². The second-order valence-corrected chi connectivity index (χ2v) is 8.26. The summed E-state index contributed by atoms with van der Waals surface area (Å²) in [6.45, 7) is -0.335. The highest BCUT2D eigenvalue weighted by Crippen LogP contribution is 2.68. The summed E-state index contributed by atoms with van der Waals surface area (Å²) in [6, 6.07) is 17.0. The zero-order valence-electron chi connectivity index (χ0n) is 17.1. The van der Waals surface area contributed by atoms with Crippen molar-refractivity contribution in [3.63, 3.8) is 0 Å². The van der Waals surface area contributed by atoms with E-state index in [2.05, 4.69) is 5.92 Å². The summed E-state index contributed by atoms with van der Waals surface area (Å²) < 4.78 is 0. The van der Waals surface area contributed by atoms with Crippen molar-refractivity contribution in [2.75, 3.05) is 25.0 Å². The van der Waals surface area contributed by atoms with Gasteiger partial charge in [0.15, 0.2) is 27.9 Å². The van der Waals surface area contributed by atoms with E-state index in [0.717, 1.165) is 0 Å². The van der Waals surface area contributed by atoms with E-state index in [1.165, 1.54) is 21.9 Å². The maximum atomic E-state index is 14.2. The van der Waals surface area contributed by atoms with Crippen LogP contribution in [0, 0.1) is 45.8 Å². The first-order valence-corrected chi connectivity index (χ1v) is 9.96. The number of likely N-dealkylation sites (tertiary alicyclic amines) is 1. The molecule has 2 heterocycles. The molecule has 0 saturated carbocycles. The molecule has 2 aromatic rings. The van der Waals surface area contributed by atoms with Crippen molar-refractivity contribution in [1.82, 2.24) is 4.90 Å². The van der Waals surface area contributed by atoms with Crippen LogP contribution in [0.3, 0.4) is 0 Å². The van der Waals surface area contributed by atoms with Crippen LogP contribution in [0.4, 0.5) is 5.69 Å². The van der Waals surface area contributed by atoms with Gasteiger partial charge < -0.3 is 0 Å². The number of nitriles is 2. The van der Waals surface area contributed by atoms with Gasteiger partial charge in [-0.05, 0) is 13.1 Å². The number of benzene rings is 2. The van der Waals surface area contributed by atoms with Crippen molar-refractivity contribution in [2.24, 2.45) is 10.8 Å². The van der Waals surface area contributed by atoms with Crippen molar-refractivity contribution in [3.05, 3.63) is 65.2 Å². The van der Waals surface area contributed by atoms with E-state index in [1.54, 1.807) is 43.4 Å². The third-order valence-electron chi connectivity index (χ3n) is 7.10. The Hall–Kier alpha value is -4.25. The van der Waals surface area contributed by atoms with E-state index in [1.807, 2.05) is 12.1 Å². The molecule has 2 spiro atoms. The molecule has 7 nitrogen and oxygen atoms in total. The van der Waals surface area contributed by atoms with Gasteiger partial charge in [-0.15, -0.1) is 6.42 Å². The monoisotopic (exact) mass is 420 g/mol. The Kier molecular flexibility index (Phi) is 3.78. The van der Waals surface area contributed by atoms with Gasteiger partial charge >= 0.3 is 0 Å². The van der Waals surface area contributed by atoms with Crippen molar-refractivity contribution in [3.8, 4) is 24.5 Å². The number of hydrogen-bond acceptors (Lipinski definition) is 6. The molecule has 0 bridgehead atoms. The average Bonchev–Trinajstić information content (AvgIpc) is 3.31. The number of likely N-dealkylation sites (N-methyl/N-ethyl adjacent to an activating group) is 1. The number of amides is 1. The zero-order chi connectivity index (χ0) is 22.9. The first kappa shape index (κ1) is 19.7. The van der Waals surface area contributed by atoms with Gasteiger partial charge in [-0.25, -0.2) is 0 Å². The van der Waals surface area contributed by atoms with Gasteiger partial charge in [-0.2, -0.15) is 10.5 Å². The molecule has 7 heteroatoms. The highest BCUT2D eigenvalue weighted by Gasteiger charge is 2.85. The Labute approximate surface area is 184 Å². The van der Waals surface area contributed by atoms with Crippen molar-refractivity contribution in [2.45, 2.75) is 5.54 Å². The molecule has 32 heavy (non-hydrogen) atoms. The number of carbonyl (C=O) groups excluding carboxylic acids is 3. The van der Waals surface area contributed by atoms with E-state index in [9.17, 15) is 24.9 Å². The molecular weight excluding hydrogens is 404 g/mol. The molecule has 5 rings (SSSR count). The van der Waals surface area contributed by atoms with Crippen LogP contribution < -0.4 is 4.90 Å². The first-order chi connectivity index (χ1) is 15.4. The first-order valence-electron chi connectivity index (χ1n) is 9.96. The van der Waals surface area contributed by atoms with E-state index in [4.69, 9.17) is 6.42 Å². The van der Waals surface area contributed by atoms with E-state index < -0.39 is 33.8 Å². The SMILES string of the molecule is C#CCN1C(=O)[C@]2(c3ccccc31)N(C)CC(C#N)(C#N)C21C(=O)c2ccccc2C1=O. The highest BCUT2D eigenvalue weighted by atomic mass is 16.2. The Morgan fingerprint density at radius 2 is 1.53 bits per heavy atom. The highest BCUT2D eigenvalue weighted by molar-refractivity contribution is 6.35. The van der Waals surface area contributed by atoms with Gasteiger partial charge in [0.2, 0.25) is 0 Å². The molecule has 1 atom stereocenters. The number of para-hydroxylation sites is 1. The maximum Gasteiger partial charge on any atom is 0.254 e. The molecule has 0 N–H and O–H groups in total. The summed E-state index contributed by atoms with van der Waals surface area (Å²) in [4.78, 5) is 45.3. The number of terminal acetylenes is 1. The molecule has 0 unspecified atom stereocenters. The minimum absolute atomic E-state index is 0.0804. The Balaban J connectivity index is 1.97. The molecule has 1 amide bonds. The molecule has 154 valence electrons. The van der Waals surface area contributed by atoms with E-state index in [-0.39, 0.29) is 24.2 Å². The van der Waals surface area contributed by atoms with E-state index in [0.29, 0.717) is 11.3 Å². The van der Waals surface area contributed by atoms with Crippen LogP contribution in [0.1, 0.15) is 26.3 Å². The predicted octanol–water partition coefficient (Wildman–Crippen LogP) is 1.91. The number of carbonyl (C=O) groups is 3. The number of fused-ring (bicyclic) bond motifs is 4. The average molecular weight is 420 g/mol. The smallest absolute Gasteiger partial charge is 0.254 e. The zero-order valence-corrected chi connectivity index (χ0v) is 17.1. The normalized spacial score (nSPS) is 24.3. The van der Waals surface area contributed by atoms with Crippen molar-refractivity contribution >= 4 is 23.2 Å². The topological polar surface area (TPSA) is 105 Å². The molecule has 3 aliphatic rings. The summed E-state index contributed by atoms with van der Waals surface area (Å²) >= 11 is 0. The quantitative estimate of drug-likeness (QED) is 0.515. The molecule has 2 aromatic carbocycles. The van der Waals surface area contributed by atoms with Crippen LogP contribution in [0.2, 0.25) is 0 Å². The van der Waals surface area contributed by atoms with Crippen LogP contribution in [-0.4, -0.2) is 42.5 Å². The summed E-state index contributed by atoms with van der Waals surface area (Å²) in [5, 5.41) is 20.5. The summed E-state index contributed by atoms with van der Waals surface area (Å²) in [7, 11) is 1.57. The minimum atomic E-state index is -2.27. The lowest BCUT2D eigenvalue weighted by atomic mass is 9.54. The second-order valence-electron chi connectivity index (χ2n) is 8.26. The number of ketones is 2. The van der Waals surface area contributed by atoms with Gasteiger partial charge in [-0.3, -0.25) is 24.2 Å². The van der Waals surface area contributed by atoms with Crippen LogP contribution in [0.5, 0.6) is 0 Å². The molecule has 2 aliphatic heterocycles. The van der Waals surface area contributed by atoms with Gasteiger partial charge in [0.05, 0.1) is 24.4 Å². The lowest BCUT2D eigenvalue weighted by Crippen LogP contribution is -2.63. The number of anilines is 1. The molecule has 1 fully saturated rings. The third kappa shape index (κ3) is 1.72. The Morgan fingerprint density at radius 1 is 0.969 bits per heavy atom. The fourth-order valence-corrected chi connectivity index (χ4v) is 5.97. The Bertz CT molecular complexity index is 1320. The van der Waals surface area contributed by atoms with Gasteiger partial charge in [-0.1, -0.05) is 48.4 Å². The fourth-order valence-electron chi connectivity index (χ4n) is 5.97. The fraction of sp³-hybridized carbons (Fsp3) is 0.240. The third-order valence-corrected chi connectivity index (χ3v) is 7.10. The van der Waals surface area contributed by atoms with E-state index >= 15 is 0 Å². The number of hydrogen-bond donors (Lipinski definition) is 0. The summed E-state index contributed by atoms with van der Waals surface area (Å²) in [6.07, 6.45) is 5.53. The standard InChI is InChI=1S/C25H16N4O3/c1-3-12-29-19-11-7-6-10-18(19)25(22(29)32)24(23(13-26,14-27)15-28(25)2)20(30)16-8-4-5-9-17(16)21(24)31/h1,4-11H,12,15H2,2H3/t25-/m0/s1. The minimum Gasteiger partial charge on any atom is -0.298 e. The number of rotatable bonds is 1. The van der Waals surface area contributed by atoms with Crippen LogP contribution in [0.25, 0.3) is 0 Å². The molecule has 0 radical (unpaired) electrons. The molecule has 1 saturated heterocycles. The lowest BCUT2D eigenvalue weighted by Gasteiger charge is -2.42. The van der Waals surface area contributed by atoms with Gasteiger partial charge in [0, 0.05) is 23.2 Å². The largest absolute Gasteiger partial charge is 0.298 e. The maximum absolute atomic E-state index is 14.2. The van der Waals surface area contributed by atoms with Gasteiger partial charge in [0.1, 0.15) is 0 Å². The number of Topliss-reactive ketones (excluding diaryl/α,β-unsaturated/α-hetero) is 2. The van der Waals surface area contributed by atoms with Crippen LogP contribution in [-0.2, 0) is 10.3 Å². The van der Waals surface area contributed by atoms with Crippen LogP contribution >= 0.6 is 0 Å². The number of nitrogens with zero attached hydrogens (tertiary/aromatic N) is 4. The van der Waals surface area contributed by atoms with Crippen molar-refractivity contribution < 1.29 is 14.4 Å². The summed E-state index contributed by atoms with van der Waals surface area (Å²) in [5.41, 5.74) is -5.14. The molecule has 1 aliphatic carbocycles. The van der Waals surface area contributed by atoms with Crippen LogP contribution in [0.15, 0.2) is 48.5 Å².